The van der Waals surface area contributed by atoms with Gasteiger partial charge in [0, 0.05) is 15.4 Å². The Morgan fingerprint density at radius 2 is 1.12 bits per heavy atom. The summed E-state index contributed by atoms with van der Waals surface area (Å²) in [5, 5.41) is 7.74. The summed E-state index contributed by atoms with van der Waals surface area (Å²) in [5.74, 6) is 1.84. The van der Waals surface area contributed by atoms with Gasteiger partial charge in [-0.05, 0) is 102 Å². The number of ether oxygens (including phenoxy) is 1. The molecule has 0 radical (unpaired) electrons. The molecule has 0 unspecified atom stereocenters. The summed E-state index contributed by atoms with van der Waals surface area (Å²) in [5.41, 5.74) is 7.52. The molecule has 198 valence electrons. The normalized spacial score (nSPS) is 13.1. The molecule has 0 aromatic heterocycles. The number of hydrogen-bond acceptors (Lipinski definition) is 1. The van der Waals surface area contributed by atoms with Crippen LogP contribution in [0.4, 0.5) is 0 Å². The van der Waals surface area contributed by atoms with Crippen LogP contribution in [0.3, 0.4) is 0 Å². The highest BCUT2D eigenvalue weighted by atomic mass is 79.9. The Hall–Kier alpha value is -3.62. The van der Waals surface area contributed by atoms with Gasteiger partial charge in [0.2, 0.25) is 0 Å². The molecule has 1 heterocycles. The molecular formula is C38H33BrO. The van der Waals surface area contributed by atoms with E-state index >= 15 is 0 Å². The fourth-order valence-corrected chi connectivity index (χ4v) is 7.10. The van der Waals surface area contributed by atoms with Gasteiger partial charge in [-0.2, -0.15) is 0 Å². The van der Waals surface area contributed by atoms with E-state index in [2.05, 4.69) is 148 Å². The van der Waals surface area contributed by atoms with Gasteiger partial charge < -0.3 is 4.74 Å². The van der Waals surface area contributed by atoms with Gasteiger partial charge in [0.25, 0.3) is 0 Å². The molecule has 0 fully saturated rings. The molecule has 6 aromatic carbocycles. The Morgan fingerprint density at radius 1 is 0.525 bits per heavy atom. The third-order valence-corrected chi connectivity index (χ3v) is 8.76. The molecule has 0 spiro atoms. The van der Waals surface area contributed by atoms with Crippen LogP contribution in [0.25, 0.3) is 54.6 Å². The van der Waals surface area contributed by atoms with E-state index in [9.17, 15) is 0 Å². The zero-order chi connectivity index (χ0) is 28.0. The number of rotatable bonds is 1. The third-order valence-electron chi connectivity index (χ3n) is 8.27. The highest BCUT2D eigenvalue weighted by Gasteiger charge is 2.28. The molecule has 0 aliphatic carbocycles. The van der Waals surface area contributed by atoms with Crippen LogP contribution >= 0.6 is 15.9 Å². The molecule has 0 bridgehead atoms. The zero-order valence-electron chi connectivity index (χ0n) is 23.9. The van der Waals surface area contributed by atoms with Crippen LogP contribution in [0.2, 0.25) is 0 Å². The Bertz CT molecular complexity index is 1990. The van der Waals surface area contributed by atoms with Crippen molar-refractivity contribution in [1.82, 2.24) is 0 Å². The van der Waals surface area contributed by atoms with E-state index in [-0.39, 0.29) is 10.8 Å². The van der Waals surface area contributed by atoms with Crippen molar-refractivity contribution >= 4 is 48.2 Å². The van der Waals surface area contributed by atoms with E-state index in [4.69, 9.17) is 4.74 Å². The first-order valence-corrected chi connectivity index (χ1v) is 14.8. The maximum absolute atomic E-state index is 6.51. The van der Waals surface area contributed by atoms with E-state index in [1.165, 1.54) is 60.1 Å². The molecule has 40 heavy (non-hydrogen) atoms. The summed E-state index contributed by atoms with van der Waals surface area (Å²) >= 11 is 3.75. The molecular weight excluding hydrogens is 552 g/mol. The zero-order valence-corrected chi connectivity index (χ0v) is 25.5. The lowest BCUT2D eigenvalue weighted by Crippen LogP contribution is -2.17. The van der Waals surface area contributed by atoms with Crippen molar-refractivity contribution < 1.29 is 4.74 Å². The molecule has 1 nitrogen and oxygen atoms in total. The van der Waals surface area contributed by atoms with E-state index in [1.54, 1.807) is 0 Å². The van der Waals surface area contributed by atoms with Gasteiger partial charge >= 0.3 is 0 Å². The first-order valence-electron chi connectivity index (χ1n) is 14.0. The van der Waals surface area contributed by atoms with Crippen LogP contribution in [-0.4, -0.2) is 0 Å². The van der Waals surface area contributed by atoms with Crippen molar-refractivity contribution in [2.75, 3.05) is 0 Å². The number of hydrogen-bond donors (Lipinski definition) is 0. The van der Waals surface area contributed by atoms with Crippen molar-refractivity contribution in [1.29, 1.82) is 0 Å². The van der Waals surface area contributed by atoms with Crippen LogP contribution in [0.1, 0.15) is 52.7 Å². The SMILES string of the molecule is CC(C)(C)c1c2ccc(-c3ccc4c(c3)Oc3cccc5cccc-4c35)cc2c(C(C)(C)C)c2ccc(Br)cc12. The Morgan fingerprint density at radius 3 is 1.82 bits per heavy atom. The minimum Gasteiger partial charge on any atom is -0.456 e. The van der Waals surface area contributed by atoms with Crippen LogP contribution in [0.15, 0.2) is 95.5 Å². The molecule has 6 aromatic rings. The third kappa shape index (κ3) is 3.88. The summed E-state index contributed by atoms with van der Waals surface area (Å²) < 4.78 is 7.62. The van der Waals surface area contributed by atoms with Gasteiger partial charge in [-0.1, -0.05) is 112 Å². The van der Waals surface area contributed by atoms with Gasteiger partial charge in [-0.3, -0.25) is 0 Å². The monoisotopic (exact) mass is 584 g/mol. The second-order valence-corrected chi connectivity index (χ2v) is 14.1. The molecule has 1 aliphatic heterocycles. The Balaban J connectivity index is 1.48. The second-order valence-electron chi connectivity index (χ2n) is 13.2. The summed E-state index contributed by atoms with van der Waals surface area (Å²) in [6.07, 6.45) is 0. The maximum atomic E-state index is 6.51. The van der Waals surface area contributed by atoms with E-state index < -0.39 is 0 Å². The summed E-state index contributed by atoms with van der Waals surface area (Å²) in [4.78, 5) is 0. The average molecular weight is 586 g/mol. The average Bonchev–Trinajstić information content (AvgIpc) is 2.90. The minimum atomic E-state index is -0.0271. The van der Waals surface area contributed by atoms with Crippen molar-refractivity contribution in [2.24, 2.45) is 0 Å². The molecule has 1 aliphatic rings. The van der Waals surface area contributed by atoms with Crippen molar-refractivity contribution in [3.63, 3.8) is 0 Å². The molecule has 0 amide bonds. The second kappa shape index (κ2) is 8.69. The van der Waals surface area contributed by atoms with E-state index in [0.717, 1.165) is 21.5 Å². The first-order chi connectivity index (χ1) is 19.0. The topological polar surface area (TPSA) is 9.23 Å². The van der Waals surface area contributed by atoms with Crippen LogP contribution in [0, 0.1) is 0 Å². The van der Waals surface area contributed by atoms with Gasteiger partial charge in [-0.15, -0.1) is 0 Å². The highest BCUT2D eigenvalue weighted by molar-refractivity contribution is 9.10. The minimum absolute atomic E-state index is 0.0106. The van der Waals surface area contributed by atoms with E-state index in [0.29, 0.717) is 0 Å². The van der Waals surface area contributed by atoms with Crippen molar-refractivity contribution in [2.45, 2.75) is 52.4 Å². The fourth-order valence-electron chi connectivity index (χ4n) is 6.74. The largest absolute Gasteiger partial charge is 0.456 e. The summed E-state index contributed by atoms with van der Waals surface area (Å²) in [7, 11) is 0. The number of fused-ring (bicyclic) bond motifs is 4. The number of halogens is 1. The lowest BCUT2D eigenvalue weighted by atomic mass is 9.73. The quantitative estimate of drug-likeness (QED) is 0.174. The number of benzene rings is 6. The van der Waals surface area contributed by atoms with Crippen molar-refractivity contribution in [3.8, 4) is 33.8 Å². The molecule has 0 atom stereocenters. The van der Waals surface area contributed by atoms with Crippen LogP contribution in [0.5, 0.6) is 11.5 Å². The first kappa shape index (κ1) is 25.4. The van der Waals surface area contributed by atoms with Gasteiger partial charge in [0.15, 0.2) is 0 Å². The van der Waals surface area contributed by atoms with Gasteiger partial charge in [0.05, 0.1) is 0 Å². The fraction of sp³-hybridized carbons (Fsp3) is 0.211. The molecule has 0 saturated heterocycles. The standard InChI is InChI=1S/C38H33BrO/c1-37(2,3)35-29-18-15-25(39)21-31(29)36(38(4,5)6)28-17-14-23(19-30(28)35)24-13-16-26-27-11-7-9-22-10-8-12-32(34(22)27)40-33(26)20-24/h7-21H,1-6H3. The maximum Gasteiger partial charge on any atom is 0.135 e. The van der Waals surface area contributed by atoms with Crippen LogP contribution in [-0.2, 0) is 10.8 Å². The van der Waals surface area contributed by atoms with Gasteiger partial charge in [-0.25, -0.2) is 0 Å². The molecule has 2 heteroatoms. The highest BCUT2D eigenvalue weighted by Crippen LogP contribution is 2.49. The molecule has 0 N–H and O–H groups in total. The Labute approximate surface area is 244 Å². The summed E-state index contributed by atoms with van der Waals surface area (Å²) in [6.45, 7) is 14.0. The van der Waals surface area contributed by atoms with E-state index in [1.807, 2.05) is 0 Å². The van der Waals surface area contributed by atoms with Gasteiger partial charge in [0.1, 0.15) is 11.5 Å². The predicted octanol–water partition coefficient (Wildman–Crippen LogP) is 11.9. The Kier molecular flexibility index (Phi) is 5.51. The van der Waals surface area contributed by atoms with Crippen LogP contribution < -0.4 is 4.74 Å². The van der Waals surface area contributed by atoms with Crippen molar-refractivity contribution in [3.05, 3.63) is 107 Å². The predicted molar refractivity (Wildman–Crippen MR) is 175 cm³/mol. The lowest BCUT2D eigenvalue weighted by Gasteiger charge is -2.30. The molecule has 0 saturated carbocycles. The summed E-state index contributed by atoms with van der Waals surface area (Å²) in [6, 6.07) is 33.3. The smallest absolute Gasteiger partial charge is 0.135 e. The lowest BCUT2D eigenvalue weighted by molar-refractivity contribution is 0.487. The molecule has 7 rings (SSSR count).